The van der Waals surface area contributed by atoms with E-state index in [1.54, 1.807) is 11.4 Å². The van der Waals surface area contributed by atoms with Crippen molar-refractivity contribution in [3.63, 3.8) is 0 Å². The molecule has 0 bridgehead atoms. The Hall–Kier alpha value is -1.97. The van der Waals surface area contributed by atoms with Gasteiger partial charge in [-0.1, -0.05) is 19.8 Å². The van der Waals surface area contributed by atoms with Gasteiger partial charge in [-0.3, -0.25) is 4.90 Å². The highest BCUT2D eigenvalue weighted by Gasteiger charge is 2.27. The van der Waals surface area contributed by atoms with Gasteiger partial charge in [0.05, 0.1) is 19.4 Å². The van der Waals surface area contributed by atoms with E-state index in [0.29, 0.717) is 44.5 Å². The largest absolute Gasteiger partial charge is 0.497 e. The minimum Gasteiger partial charge on any atom is -0.497 e. The van der Waals surface area contributed by atoms with Crippen molar-refractivity contribution < 1.29 is 17.6 Å². The second-order valence-electron chi connectivity index (χ2n) is 6.93. The number of rotatable bonds is 9. The van der Waals surface area contributed by atoms with Crippen LogP contribution in [-0.4, -0.2) is 66.9 Å². The van der Waals surface area contributed by atoms with Crippen LogP contribution in [0.3, 0.4) is 0 Å². The lowest BCUT2D eigenvalue weighted by Gasteiger charge is -2.33. The van der Waals surface area contributed by atoms with Crippen LogP contribution in [0.4, 0.5) is 0 Å². The van der Waals surface area contributed by atoms with Gasteiger partial charge in [-0.2, -0.15) is 4.31 Å². The van der Waals surface area contributed by atoms with Crippen LogP contribution >= 0.6 is 0 Å². The van der Waals surface area contributed by atoms with E-state index in [0.717, 1.165) is 30.6 Å². The van der Waals surface area contributed by atoms with Gasteiger partial charge in [0.1, 0.15) is 5.75 Å². The van der Waals surface area contributed by atoms with E-state index < -0.39 is 10.0 Å². The van der Waals surface area contributed by atoms with Crippen molar-refractivity contribution in [2.75, 3.05) is 39.0 Å². The number of piperazine rings is 1. The van der Waals surface area contributed by atoms with Gasteiger partial charge in [-0.05, 0) is 30.7 Å². The summed E-state index contributed by atoms with van der Waals surface area (Å²) in [7, 11) is -1.52. The summed E-state index contributed by atoms with van der Waals surface area (Å²) < 4.78 is 37.3. The molecule has 0 atom stereocenters. The van der Waals surface area contributed by atoms with Gasteiger partial charge in [0.2, 0.25) is 21.8 Å². The summed E-state index contributed by atoms with van der Waals surface area (Å²) in [6.45, 7) is 4.93. The van der Waals surface area contributed by atoms with Crippen LogP contribution in [0, 0.1) is 0 Å². The molecule has 0 N–H and O–H groups in total. The average molecular weight is 409 g/mol. The fourth-order valence-corrected chi connectivity index (χ4v) is 4.74. The Morgan fingerprint density at radius 3 is 2.43 bits per heavy atom. The second-order valence-corrected chi connectivity index (χ2v) is 9.02. The number of ether oxygens (including phenoxy) is 1. The number of benzene rings is 1. The van der Waals surface area contributed by atoms with Crippen molar-refractivity contribution in [2.45, 2.75) is 32.7 Å². The zero-order valence-electron chi connectivity index (χ0n) is 16.5. The summed E-state index contributed by atoms with van der Waals surface area (Å²) in [5, 5.41) is 8.24. The first-order valence-electron chi connectivity index (χ1n) is 9.69. The lowest BCUT2D eigenvalue weighted by Crippen LogP contribution is -2.48. The van der Waals surface area contributed by atoms with Gasteiger partial charge in [0.25, 0.3) is 0 Å². The molecule has 2 heterocycles. The molecular formula is C19H28N4O4S. The maximum atomic E-state index is 12.4. The minimum atomic E-state index is -3.14. The third kappa shape index (κ3) is 5.30. The number of methoxy groups -OCH3 is 1. The van der Waals surface area contributed by atoms with E-state index in [-0.39, 0.29) is 5.75 Å². The number of sulfonamides is 1. The molecule has 1 aliphatic heterocycles. The zero-order chi connectivity index (χ0) is 20.0. The molecule has 0 spiro atoms. The third-order valence-corrected chi connectivity index (χ3v) is 6.85. The first kappa shape index (κ1) is 20.8. The predicted molar refractivity (Wildman–Crippen MR) is 106 cm³/mol. The van der Waals surface area contributed by atoms with Crippen molar-refractivity contribution in [3.05, 3.63) is 30.2 Å². The molecule has 0 amide bonds. The molecular weight excluding hydrogens is 380 g/mol. The van der Waals surface area contributed by atoms with E-state index in [2.05, 4.69) is 22.0 Å². The van der Waals surface area contributed by atoms with E-state index in [1.165, 1.54) is 0 Å². The highest BCUT2D eigenvalue weighted by molar-refractivity contribution is 7.89. The highest BCUT2D eigenvalue weighted by Crippen LogP contribution is 2.22. The first-order chi connectivity index (χ1) is 13.5. The Morgan fingerprint density at radius 1 is 1.07 bits per heavy atom. The predicted octanol–water partition coefficient (Wildman–Crippen LogP) is 2.38. The zero-order valence-corrected chi connectivity index (χ0v) is 17.3. The Kier molecular flexibility index (Phi) is 7.03. The van der Waals surface area contributed by atoms with Crippen LogP contribution in [0.2, 0.25) is 0 Å². The lowest BCUT2D eigenvalue weighted by molar-refractivity contribution is 0.168. The highest BCUT2D eigenvalue weighted by atomic mass is 32.2. The van der Waals surface area contributed by atoms with Crippen LogP contribution in [-0.2, 0) is 16.6 Å². The van der Waals surface area contributed by atoms with Crippen LogP contribution in [0.15, 0.2) is 28.7 Å². The molecule has 154 valence electrons. The summed E-state index contributed by atoms with van der Waals surface area (Å²) in [5.74, 6) is 2.02. The van der Waals surface area contributed by atoms with Gasteiger partial charge in [-0.15, -0.1) is 10.2 Å². The summed E-state index contributed by atoms with van der Waals surface area (Å²) in [5.41, 5.74) is 0.836. The van der Waals surface area contributed by atoms with Crippen LogP contribution < -0.4 is 4.74 Å². The maximum absolute atomic E-state index is 12.4. The monoisotopic (exact) mass is 408 g/mol. The van der Waals surface area contributed by atoms with Gasteiger partial charge >= 0.3 is 0 Å². The summed E-state index contributed by atoms with van der Waals surface area (Å²) in [6.07, 6.45) is 2.70. The molecule has 1 saturated heterocycles. The molecule has 0 saturated carbocycles. The van der Waals surface area contributed by atoms with Crippen molar-refractivity contribution in [2.24, 2.45) is 0 Å². The standard InChI is InChI=1S/C19H28N4O4S/c1-3-4-5-14-28(24,25)23-12-10-22(11-13-23)15-18-20-21-19(27-18)16-6-8-17(26-2)9-7-16/h6-9H,3-5,10-15H2,1-2H3. The van der Waals surface area contributed by atoms with Gasteiger partial charge < -0.3 is 9.15 Å². The SMILES string of the molecule is CCCCCS(=O)(=O)N1CCN(Cc2nnc(-c3ccc(OC)cc3)o2)CC1. The topological polar surface area (TPSA) is 88.8 Å². The fraction of sp³-hybridized carbons (Fsp3) is 0.579. The Morgan fingerprint density at radius 2 is 1.79 bits per heavy atom. The van der Waals surface area contributed by atoms with E-state index in [1.807, 2.05) is 24.3 Å². The minimum absolute atomic E-state index is 0.246. The number of hydrogen-bond acceptors (Lipinski definition) is 7. The molecule has 2 aromatic rings. The molecule has 1 aromatic heterocycles. The molecule has 1 aliphatic rings. The quantitative estimate of drug-likeness (QED) is 0.589. The second kappa shape index (κ2) is 9.49. The summed E-state index contributed by atoms with van der Waals surface area (Å²) >= 11 is 0. The summed E-state index contributed by atoms with van der Waals surface area (Å²) in [4.78, 5) is 2.14. The average Bonchev–Trinajstić information content (AvgIpc) is 3.17. The third-order valence-electron chi connectivity index (χ3n) is 4.89. The van der Waals surface area contributed by atoms with E-state index in [4.69, 9.17) is 9.15 Å². The smallest absolute Gasteiger partial charge is 0.247 e. The van der Waals surface area contributed by atoms with E-state index in [9.17, 15) is 8.42 Å². The molecule has 1 aromatic carbocycles. The molecule has 3 rings (SSSR count). The van der Waals surface area contributed by atoms with Crippen LogP contribution in [0.25, 0.3) is 11.5 Å². The molecule has 0 radical (unpaired) electrons. The van der Waals surface area contributed by atoms with Gasteiger partial charge in [0, 0.05) is 31.7 Å². The molecule has 28 heavy (non-hydrogen) atoms. The van der Waals surface area contributed by atoms with Crippen molar-refractivity contribution in [1.29, 1.82) is 0 Å². The molecule has 1 fully saturated rings. The van der Waals surface area contributed by atoms with Crippen molar-refractivity contribution in [3.8, 4) is 17.2 Å². The molecule has 0 aliphatic carbocycles. The van der Waals surface area contributed by atoms with E-state index >= 15 is 0 Å². The van der Waals surface area contributed by atoms with Crippen molar-refractivity contribution >= 4 is 10.0 Å². The Balaban J connectivity index is 1.52. The number of nitrogens with zero attached hydrogens (tertiary/aromatic N) is 4. The number of unbranched alkanes of at least 4 members (excludes halogenated alkanes) is 2. The Labute approximate surface area is 166 Å². The fourth-order valence-electron chi connectivity index (χ4n) is 3.19. The summed E-state index contributed by atoms with van der Waals surface area (Å²) in [6, 6.07) is 7.44. The normalized spacial score (nSPS) is 16.4. The lowest BCUT2D eigenvalue weighted by atomic mass is 10.2. The molecule has 8 nitrogen and oxygen atoms in total. The van der Waals surface area contributed by atoms with Gasteiger partial charge in [0.15, 0.2) is 0 Å². The first-order valence-corrected chi connectivity index (χ1v) is 11.3. The van der Waals surface area contributed by atoms with Gasteiger partial charge in [-0.25, -0.2) is 8.42 Å². The Bertz CT molecular complexity index is 843. The van der Waals surface area contributed by atoms with Crippen molar-refractivity contribution in [1.82, 2.24) is 19.4 Å². The van der Waals surface area contributed by atoms with Crippen LogP contribution in [0.1, 0.15) is 32.1 Å². The molecule has 0 unspecified atom stereocenters. The van der Waals surface area contributed by atoms with Crippen LogP contribution in [0.5, 0.6) is 5.75 Å². The number of aromatic nitrogens is 2. The molecule has 9 heteroatoms. The maximum Gasteiger partial charge on any atom is 0.247 e. The number of hydrogen-bond donors (Lipinski definition) is 0.